The zero-order valence-electron chi connectivity index (χ0n) is 10.1. The molecule has 0 saturated carbocycles. The average Bonchev–Trinajstić information content (AvgIpc) is 2.51. The molecule has 0 bridgehead atoms. The lowest BCUT2D eigenvalue weighted by molar-refractivity contribution is -0.117. The van der Waals surface area contributed by atoms with Gasteiger partial charge in [-0.1, -0.05) is 26.0 Å². The van der Waals surface area contributed by atoms with E-state index in [2.05, 4.69) is 0 Å². The van der Waals surface area contributed by atoms with E-state index in [9.17, 15) is 13.6 Å². The maximum Gasteiger partial charge on any atom is 0.293 e. The van der Waals surface area contributed by atoms with Gasteiger partial charge in [-0.25, -0.2) is 0 Å². The van der Waals surface area contributed by atoms with E-state index in [4.69, 9.17) is 0 Å². The minimum atomic E-state index is -2.94. The Bertz CT molecular complexity index is 468. The van der Waals surface area contributed by atoms with Gasteiger partial charge in [-0.2, -0.15) is 8.78 Å². The summed E-state index contributed by atoms with van der Waals surface area (Å²) in [6.07, 6.45) is 0. The minimum Gasteiger partial charge on any atom is -0.306 e. The van der Waals surface area contributed by atoms with E-state index in [0.29, 0.717) is 11.3 Å². The molecule has 0 aromatic heterocycles. The van der Waals surface area contributed by atoms with E-state index >= 15 is 0 Å². The Morgan fingerprint density at radius 1 is 1.41 bits per heavy atom. The third-order valence-corrected chi connectivity index (χ3v) is 3.09. The fraction of sp³-hybridized carbons (Fsp3) is 0.462. The fourth-order valence-electron chi connectivity index (χ4n) is 2.31. The van der Waals surface area contributed by atoms with Gasteiger partial charge in [0, 0.05) is 12.5 Å². The highest BCUT2D eigenvalue weighted by molar-refractivity contribution is 5.94. The van der Waals surface area contributed by atoms with E-state index in [1.54, 1.807) is 18.2 Å². The number of benzene rings is 1. The molecule has 0 aliphatic carbocycles. The van der Waals surface area contributed by atoms with Crippen molar-refractivity contribution in [2.45, 2.75) is 32.6 Å². The minimum absolute atomic E-state index is 0.0164. The highest BCUT2D eigenvalue weighted by Crippen LogP contribution is 2.46. The van der Waals surface area contributed by atoms with E-state index in [-0.39, 0.29) is 17.4 Å². The number of amides is 1. The highest BCUT2D eigenvalue weighted by atomic mass is 19.3. The molecule has 0 radical (unpaired) electrons. The first-order valence-electron chi connectivity index (χ1n) is 5.64. The standard InChI is InChI=1S/C13H15F2NO/c1-8(2)10-5-4-6-11-12(10)13(14,15)7-16(11)9(3)17/h4-6,8H,7H2,1-3H3. The molecule has 2 nitrogen and oxygen atoms in total. The van der Waals surface area contributed by atoms with Gasteiger partial charge in [-0.15, -0.1) is 0 Å². The summed E-state index contributed by atoms with van der Waals surface area (Å²) >= 11 is 0. The molecule has 0 spiro atoms. The predicted molar refractivity (Wildman–Crippen MR) is 62.5 cm³/mol. The largest absolute Gasteiger partial charge is 0.306 e. The van der Waals surface area contributed by atoms with Crippen LogP contribution in [0.3, 0.4) is 0 Å². The van der Waals surface area contributed by atoms with Crippen molar-refractivity contribution in [2.75, 3.05) is 11.4 Å². The summed E-state index contributed by atoms with van der Waals surface area (Å²) in [5, 5.41) is 0. The van der Waals surface area contributed by atoms with Crippen molar-refractivity contribution >= 4 is 11.6 Å². The fourth-order valence-corrected chi connectivity index (χ4v) is 2.31. The molecule has 0 unspecified atom stereocenters. The molecule has 0 atom stereocenters. The van der Waals surface area contributed by atoms with Crippen LogP contribution >= 0.6 is 0 Å². The Morgan fingerprint density at radius 2 is 2.06 bits per heavy atom. The molecule has 92 valence electrons. The van der Waals surface area contributed by atoms with Crippen LogP contribution < -0.4 is 4.90 Å². The summed E-state index contributed by atoms with van der Waals surface area (Å²) < 4.78 is 27.9. The summed E-state index contributed by atoms with van der Waals surface area (Å²) in [6.45, 7) is 4.53. The number of carbonyl (C=O) groups is 1. The number of halogens is 2. The molecule has 0 saturated heterocycles. The summed E-state index contributed by atoms with van der Waals surface area (Å²) in [5.41, 5.74) is 0.996. The zero-order chi connectivity index (χ0) is 12.8. The number of rotatable bonds is 1. The van der Waals surface area contributed by atoms with E-state index in [0.717, 1.165) is 4.90 Å². The Morgan fingerprint density at radius 3 is 2.59 bits per heavy atom. The maximum absolute atomic E-state index is 14.0. The highest BCUT2D eigenvalue weighted by Gasteiger charge is 2.46. The Hall–Kier alpha value is -1.45. The number of carbonyl (C=O) groups excluding carboxylic acids is 1. The number of alkyl halides is 2. The molecule has 4 heteroatoms. The van der Waals surface area contributed by atoms with Crippen LogP contribution in [0.1, 0.15) is 37.8 Å². The first-order chi connectivity index (χ1) is 7.84. The number of hydrogen-bond acceptors (Lipinski definition) is 1. The number of fused-ring (bicyclic) bond motifs is 1. The lowest BCUT2D eigenvalue weighted by Gasteiger charge is -2.16. The van der Waals surface area contributed by atoms with Crippen LogP contribution in [0.25, 0.3) is 0 Å². The lowest BCUT2D eigenvalue weighted by Crippen LogP contribution is -2.30. The van der Waals surface area contributed by atoms with Crippen molar-refractivity contribution in [1.29, 1.82) is 0 Å². The Kier molecular flexibility index (Phi) is 2.68. The van der Waals surface area contributed by atoms with E-state index < -0.39 is 12.5 Å². The SMILES string of the molecule is CC(=O)N1CC(F)(F)c2c(C(C)C)cccc21. The van der Waals surface area contributed by atoms with Gasteiger partial charge in [0.2, 0.25) is 5.91 Å². The summed E-state index contributed by atoms with van der Waals surface area (Å²) in [7, 11) is 0. The van der Waals surface area contributed by atoms with Gasteiger partial charge < -0.3 is 4.90 Å². The van der Waals surface area contributed by atoms with Crippen LogP contribution in [0.15, 0.2) is 18.2 Å². The van der Waals surface area contributed by atoms with Crippen molar-refractivity contribution < 1.29 is 13.6 Å². The predicted octanol–water partition coefficient (Wildman–Crippen LogP) is 3.27. The molecule has 0 N–H and O–H groups in total. The van der Waals surface area contributed by atoms with Crippen molar-refractivity contribution in [1.82, 2.24) is 0 Å². The van der Waals surface area contributed by atoms with E-state index in [1.165, 1.54) is 6.92 Å². The molecule has 1 aliphatic heterocycles. The molecule has 17 heavy (non-hydrogen) atoms. The first-order valence-corrected chi connectivity index (χ1v) is 5.64. The van der Waals surface area contributed by atoms with Gasteiger partial charge in [0.25, 0.3) is 5.92 Å². The number of nitrogens with zero attached hydrogens (tertiary/aromatic N) is 1. The molecule has 1 aromatic carbocycles. The van der Waals surface area contributed by atoms with Crippen LogP contribution in [-0.4, -0.2) is 12.5 Å². The van der Waals surface area contributed by atoms with Crippen molar-refractivity contribution in [3.05, 3.63) is 29.3 Å². The summed E-state index contributed by atoms with van der Waals surface area (Å²) in [6, 6.07) is 5.02. The summed E-state index contributed by atoms with van der Waals surface area (Å²) in [5.74, 6) is -3.27. The van der Waals surface area contributed by atoms with Crippen molar-refractivity contribution in [2.24, 2.45) is 0 Å². The number of anilines is 1. The molecule has 1 amide bonds. The molecular weight excluding hydrogens is 224 g/mol. The molecule has 2 rings (SSSR count). The maximum atomic E-state index is 14.0. The zero-order valence-corrected chi connectivity index (χ0v) is 10.1. The third-order valence-electron chi connectivity index (χ3n) is 3.09. The first kappa shape index (κ1) is 12.0. The van der Waals surface area contributed by atoms with Crippen molar-refractivity contribution in [3.63, 3.8) is 0 Å². The number of hydrogen-bond donors (Lipinski definition) is 0. The molecule has 1 aromatic rings. The topological polar surface area (TPSA) is 20.3 Å². The smallest absolute Gasteiger partial charge is 0.293 e. The van der Waals surface area contributed by atoms with Crippen LogP contribution in [0.2, 0.25) is 0 Å². The molecule has 0 fully saturated rings. The average molecular weight is 239 g/mol. The second-order valence-corrected chi connectivity index (χ2v) is 4.71. The second-order valence-electron chi connectivity index (χ2n) is 4.71. The summed E-state index contributed by atoms with van der Waals surface area (Å²) in [4.78, 5) is 12.5. The van der Waals surface area contributed by atoms with Gasteiger partial charge in [0.05, 0.1) is 12.2 Å². The second kappa shape index (κ2) is 3.79. The normalized spacial score (nSPS) is 17.4. The Labute approximate surface area is 99.2 Å². The van der Waals surface area contributed by atoms with Gasteiger partial charge in [-0.05, 0) is 17.5 Å². The van der Waals surface area contributed by atoms with Crippen LogP contribution in [0, 0.1) is 0 Å². The van der Waals surface area contributed by atoms with Gasteiger partial charge in [0.15, 0.2) is 0 Å². The molecule has 1 aliphatic rings. The molecule has 1 heterocycles. The quantitative estimate of drug-likeness (QED) is 0.736. The van der Waals surface area contributed by atoms with E-state index in [1.807, 2.05) is 13.8 Å². The van der Waals surface area contributed by atoms with Crippen LogP contribution in [0.4, 0.5) is 14.5 Å². The Balaban J connectivity index is 2.64. The monoisotopic (exact) mass is 239 g/mol. The van der Waals surface area contributed by atoms with Gasteiger partial charge in [-0.3, -0.25) is 4.79 Å². The van der Waals surface area contributed by atoms with Crippen LogP contribution in [0.5, 0.6) is 0 Å². The van der Waals surface area contributed by atoms with Gasteiger partial charge >= 0.3 is 0 Å². The van der Waals surface area contributed by atoms with Crippen LogP contribution in [-0.2, 0) is 10.7 Å². The lowest BCUT2D eigenvalue weighted by atomic mass is 9.94. The third kappa shape index (κ3) is 1.81. The molecular formula is C13H15F2NO. The van der Waals surface area contributed by atoms with Crippen molar-refractivity contribution in [3.8, 4) is 0 Å². The van der Waals surface area contributed by atoms with Gasteiger partial charge in [0.1, 0.15) is 0 Å².